The van der Waals surface area contributed by atoms with Crippen LogP contribution in [0.25, 0.3) is 0 Å². The molecule has 1 aromatic carbocycles. The smallest absolute Gasteiger partial charge is 0.142 e. The van der Waals surface area contributed by atoms with Gasteiger partial charge in [0.2, 0.25) is 0 Å². The molecule has 0 amide bonds. The fourth-order valence-electron chi connectivity index (χ4n) is 2.87. The number of halogens is 2. The van der Waals surface area contributed by atoms with Gasteiger partial charge in [-0.3, -0.25) is 11.3 Å². The number of hydrogen-bond acceptors (Lipinski definition) is 2. The molecule has 0 bridgehead atoms. The lowest BCUT2D eigenvalue weighted by Gasteiger charge is -2.27. The van der Waals surface area contributed by atoms with Gasteiger partial charge in [0, 0.05) is 5.56 Å². The average molecular weight is 301 g/mol. The zero-order valence-corrected chi connectivity index (χ0v) is 11.5. The van der Waals surface area contributed by atoms with Gasteiger partial charge in [-0.2, -0.15) is 0 Å². The molecule has 0 heterocycles. The highest BCUT2D eigenvalue weighted by atomic mass is 79.9. The summed E-state index contributed by atoms with van der Waals surface area (Å²) in [6, 6.07) is 5.29. The Morgan fingerprint density at radius 1 is 1.47 bits per heavy atom. The Morgan fingerprint density at radius 2 is 2.24 bits per heavy atom. The van der Waals surface area contributed by atoms with Crippen molar-refractivity contribution in [3.63, 3.8) is 0 Å². The van der Waals surface area contributed by atoms with E-state index in [9.17, 15) is 4.39 Å². The van der Waals surface area contributed by atoms with Crippen molar-refractivity contribution in [2.75, 3.05) is 0 Å². The van der Waals surface area contributed by atoms with Crippen LogP contribution in [0.1, 0.15) is 37.8 Å². The minimum absolute atomic E-state index is 0.0926. The summed E-state index contributed by atoms with van der Waals surface area (Å²) < 4.78 is 14.6. The molecule has 0 aliphatic heterocycles. The van der Waals surface area contributed by atoms with Crippen LogP contribution in [0, 0.1) is 17.7 Å². The summed E-state index contributed by atoms with van der Waals surface area (Å²) in [5.41, 5.74) is 3.47. The maximum absolute atomic E-state index is 14.1. The molecule has 17 heavy (non-hydrogen) atoms. The summed E-state index contributed by atoms with van der Waals surface area (Å²) in [6.45, 7) is 2.22. The molecule has 0 spiro atoms. The molecule has 1 fully saturated rings. The molecule has 3 N–H and O–H groups in total. The number of nitrogens with one attached hydrogen (secondary N) is 1. The van der Waals surface area contributed by atoms with Gasteiger partial charge in [0.1, 0.15) is 5.82 Å². The molecule has 1 saturated carbocycles. The van der Waals surface area contributed by atoms with Crippen LogP contribution in [0.2, 0.25) is 0 Å². The minimum Gasteiger partial charge on any atom is -0.271 e. The molecule has 1 aliphatic rings. The fraction of sp³-hybridized carbons (Fsp3) is 0.538. The fourth-order valence-corrected chi connectivity index (χ4v) is 3.26. The van der Waals surface area contributed by atoms with Crippen LogP contribution in [-0.4, -0.2) is 0 Å². The molecular weight excluding hydrogens is 283 g/mol. The van der Waals surface area contributed by atoms with E-state index in [1.54, 1.807) is 6.07 Å². The quantitative estimate of drug-likeness (QED) is 0.662. The highest BCUT2D eigenvalue weighted by molar-refractivity contribution is 9.10. The number of hydrazine groups is 1. The third-order valence-corrected chi connectivity index (χ3v) is 4.46. The molecule has 0 aromatic heterocycles. The molecular formula is C13H18BrFN2. The largest absolute Gasteiger partial charge is 0.271 e. The Bertz CT molecular complexity index is 397. The van der Waals surface area contributed by atoms with Gasteiger partial charge < -0.3 is 0 Å². The summed E-state index contributed by atoms with van der Waals surface area (Å²) >= 11 is 3.22. The monoisotopic (exact) mass is 300 g/mol. The highest BCUT2D eigenvalue weighted by Gasteiger charge is 2.32. The molecule has 1 aromatic rings. The van der Waals surface area contributed by atoms with Gasteiger partial charge in [-0.05, 0) is 40.3 Å². The summed E-state index contributed by atoms with van der Waals surface area (Å²) in [4.78, 5) is 0. The van der Waals surface area contributed by atoms with Crippen LogP contribution in [-0.2, 0) is 0 Å². The van der Waals surface area contributed by atoms with Crippen molar-refractivity contribution in [1.29, 1.82) is 0 Å². The normalized spacial score (nSPS) is 26.1. The van der Waals surface area contributed by atoms with Gasteiger partial charge in [-0.1, -0.05) is 31.9 Å². The van der Waals surface area contributed by atoms with E-state index in [1.165, 1.54) is 12.8 Å². The van der Waals surface area contributed by atoms with Crippen LogP contribution in [0.4, 0.5) is 4.39 Å². The molecule has 2 nitrogen and oxygen atoms in total. The Hall–Kier alpha value is -0.450. The standard InChI is InChI=1S/C13H18BrFN2/c1-8-4-2-5-9(8)13(17-16)10-6-3-7-11(14)12(10)15/h3,6-9,13,17H,2,4-5,16H2,1H3. The van der Waals surface area contributed by atoms with E-state index in [2.05, 4.69) is 28.3 Å². The third-order valence-electron chi connectivity index (χ3n) is 3.85. The lowest BCUT2D eigenvalue weighted by atomic mass is 9.86. The van der Waals surface area contributed by atoms with Gasteiger partial charge in [-0.15, -0.1) is 0 Å². The molecule has 0 saturated heterocycles. The first-order valence-electron chi connectivity index (χ1n) is 6.05. The molecule has 3 atom stereocenters. The second kappa shape index (κ2) is 5.46. The summed E-state index contributed by atoms with van der Waals surface area (Å²) in [7, 11) is 0. The average Bonchev–Trinajstić information content (AvgIpc) is 2.72. The van der Waals surface area contributed by atoms with Crippen molar-refractivity contribution < 1.29 is 4.39 Å². The predicted octanol–water partition coefficient (Wildman–Crippen LogP) is 3.53. The van der Waals surface area contributed by atoms with Crippen molar-refractivity contribution in [2.45, 2.75) is 32.2 Å². The van der Waals surface area contributed by atoms with E-state index >= 15 is 0 Å². The number of nitrogens with two attached hydrogens (primary N) is 1. The van der Waals surface area contributed by atoms with E-state index in [4.69, 9.17) is 5.84 Å². The zero-order chi connectivity index (χ0) is 12.4. The van der Waals surface area contributed by atoms with Gasteiger partial charge in [0.25, 0.3) is 0 Å². The second-order valence-corrected chi connectivity index (χ2v) is 5.71. The van der Waals surface area contributed by atoms with E-state index in [1.807, 2.05) is 12.1 Å². The second-order valence-electron chi connectivity index (χ2n) is 4.86. The van der Waals surface area contributed by atoms with Gasteiger partial charge in [-0.25, -0.2) is 4.39 Å². The number of benzene rings is 1. The molecule has 2 rings (SSSR count). The predicted molar refractivity (Wildman–Crippen MR) is 70.7 cm³/mol. The first kappa shape index (κ1) is 13.0. The van der Waals surface area contributed by atoms with Gasteiger partial charge in [0.05, 0.1) is 10.5 Å². The molecule has 94 valence electrons. The third kappa shape index (κ3) is 2.54. The Kier molecular flexibility index (Phi) is 4.17. The molecule has 3 unspecified atom stereocenters. The van der Waals surface area contributed by atoms with Gasteiger partial charge >= 0.3 is 0 Å². The van der Waals surface area contributed by atoms with Crippen LogP contribution in [0.3, 0.4) is 0 Å². The molecule has 4 heteroatoms. The van der Waals surface area contributed by atoms with Crippen LogP contribution < -0.4 is 11.3 Å². The molecule has 0 radical (unpaired) electrons. The number of hydrogen-bond donors (Lipinski definition) is 2. The van der Waals surface area contributed by atoms with Crippen molar-refractivity contribution in [2.24, 2.45) is 17.7 Å². The van der Waals surface area contributed by atoms with E-state index in [0.717, 1.165) is 6.42 Å². The van der Waals surface area contributed by atoms with Crippen molar-refractivity contribution >= 4 is 15.9 Å². The van der Waals surface area contributed by atoms with E-state index in [0.29, 0.717) is 21.9 Å². The van der Waals surface area contributed by atoms with E-state index in [-0.39, 0.29) is 11.9 Å². The summed E-state index contributed by atoms with van der Waals surface area (Å²) in [5, 5.41) is 0. The Balaban J connectivity index is 2.31. The first-order chi connectivity index (χ1) is 8.15. The van der Waals surface area contributed by atoms with Crippen LogP contribution in [0.15, 0.2) is 22.7 Å². The SMILES string of the molecule is CC1CCCC1C(NN)c1cccc(Br)c1F. The van der Waals surface area contributed by atoms with Crippen molar-refractivity contribution in [3.05, 3.63) is 34.1 Å². The topological polar surface area (TPSA) is 38.0 Å². The highest BCUT2D eigenvalue weighted by Crippen LogP contribution is 2.40. The maximum atomic E-state index is 14.1. The minimum atomic E-state index is -0.199. The summed E-state index contributed by atoms with van der Waals surface area (Å²) in [6.07, 6.45) is 3.53. The lowest BCUT2D eigenvalue weighted by Crippen LogP contribution is -2.35. The maximum Gasteiger partial charge on any atom is 0.142 e. The number of rotatable bonds is 3. The van der Waals surface area contributed by atoms with E-state index < -0.39 is 0 Å². The van der Waals surface area contributed by atoms with Crippen LogP contribution >= 0.6 is 15.9 Å². The zero-order valence-electron chi connectivity index (χ0n) is 9.92. The van der Waals surface area contributed by atoms with Gasteiger partial charge in [0.15, 0.2) is 0 Å². The van der Waals surface area contributed by atoms with Crippen LogP contribution in [0.5, 0.6) is 0 Å². The summed E-state index contributed by atoms with van der Waals surface area (Å²) in [5.74, 6) is 6.45. The Morgan fingerprint density at radius 3 is 2.82 bits per heavy atom. The van der Waals surface area contributed by atoms with Crippen molar-refractivity contribution in [3.8, 4) is 0 Å². The Labute approximate surface area is 110 Å². The first-order valence-corrected chi connectivity index (χ1v) is 6.84. The molecule has 1 aliphatic carbocycles. The lowest BCUT2D eigenvalue weighted by molar-refractivity contribution is 0.298. The van der Waals surface area contributed by atoms with Crippen molar-refractivity contribution in [1.82, 2.24) is 5.43 Å².